The minimum Gasteiger partial charge on any atom is -0.320 e. The van der Waals surface area contributed by atoms with Crippen molar-refractivity contribution in [3.63, 3.8) is 0 Å². The van der Waals surface area contributed by atoms with Gasteiger partial charge in [0.2, 0.25) is 0 Å². The highest BCUT2D eigenvalue weighted by Crippen LogP contribution is 2.18. The van der Waals surface area contributed by atoms with Crippen LogP contribution in [0.4, 0.5) is 15.8 Å². The van der Waals surface area contributed by atoms with E-state index in [9.17, 15) is 19.3 Å². The largest absolute Gasteiger partial charge is 0.320 e. The Bertz CT molecular complexity index is 671. The van der Waals surface area contributed by atoms with Crippen molar-refractivity contribution in [1.29, 1.82) is 0 Å². The van der Waals surface area contributed by atoms with Crippen molar-refractivity contribution >= 4 is 17.3 Å². The molecule has 1 amide bonds. The number of anilines is 1. The second-order valence-corrected chi connectivity index (χ2v) is 4.06. The summed E-state index contributed by atoms with van der Waals surface area (Å²) in [6, 6.07) is 6.07. The second kappa shape index (κ2) is 5.43. The Labute approximate surface area is 113 Å². The zero-order valence-electron chi connectivity index (χ0n) is 10.5. The molecular formula is C13H10FN3O3. The number of aromatic nitrogens is 1. The first-order valence-electron chi connectivity index (χ1n) is 5.65. The number of benzene rings is 1. The average Bonchev–Trinajstić information content (AvgIpc) is 2.41. The molecule has 2 rings (SSSR count). The summed E-state index contributed by atoms with van der Waals surface area (Å²) >= 11 is 0. The molecule has 0 aliphatic rings. The van der Waals surface area contributed by atoms with E-state index >= 15 is 0 Å². The van der Waals surface area contributed by atoms with E-state index in [4.69, 9.17) is 0 Å². The second-order valence-electron chi connectivity index (χ2n) is 4.06. The number of nitro groups is 1. The summed E-state index contributed by atoms with van der Waals surface area (Å²) in [6.07, 6.45) is 1.42. The van der Waals surface area contributed by atoms with Gasteiger partial charge in [0.1, 0.15) is 5.82 Å². The number of rotatable bonds is 3. The van der Waals surface area contributed by atoms with E-state index < -0.39 is 16.6 Å². The maximum absolute atomic E-state index is 13.6. The number of nitro benzene ring substituents is 1. The van der Waals surface area contributed by atoms with Gasteiger partial charge in [-0.2, -0.15) is 0 Å². The van der Waals surface area contributed by atoms with Crippen LogP contribution in [0.5, 0.6) is 0 Å². The van der Waals surface area contributed by atoms with Crippen LogP contribution in [0.3, 0.4) is 0 Å². The van der Waals surface area contributed by atoms with Gasteiger partial charge in [0.25, 0.3) is 11.6 Å². The number of non-ortho nitro benzene ring substituents is 1. The molecule has 0 aliphatic carbocycles. The highest BCUT2D eigenvalue weighted by atomic mass is 19.1. The van der Waals surface area contributed by atoms with Gasteiger partial charge >= 0.3 is 0 Å². The molecule has 0 spiro atoms. The van der Waals surface area contributed by atoms with E-state index in [0.29, 0.717) is 5.69 Å². The molecule has 0 saturated carbocycles. The van der Waals surface area contributed by atoms with Gasteiger partial charge in [-0.3, -0.25) is 19.9 Å². The lowest BCUT2D eigenvalue weighted by molar-refractivity contribution is -0.384. The van der Waals surface area contributed by atoms with Crippen LogP contribution in [-0.2, 0) is 0 Å². The minimum absolute atomic E-state index is 0.349. The zero-order valence-corrected chi connectivity index (χ0v) is 10.5. The molecule has 1 N–H and O–H groups in total. The van der Waals surface area contributed by atoms with E-state index in [1.807, 2.05) is 0 Å². The molecule has 0 fully saturated rings. The Morgan fingerprint density at radius 1 is 1.35 bits per heavy atom. The van der Waals surface area contributed by atoms with Crippen LogP contribution >= 0.6 is 0 Å². The predicted octanol–water partition coefficient (Wildman–Crippen LogP) is 2.69. The lowest BCUT2D eigenvalue weighted by Gasteiger charge is -2.06. The number of amides is 1. The third-order valence-corrected chi connectivity index (χ3v) is 2.57. The maximum atomic E-state index is 13.6. The molecule has 102 valence electrons. The quantitative estimate of drug-likeness (QED) is 0.689. The van der Waals surface area contributed by atoms with Crippen molar-refractivity contribution in [2.75, 3.05) is 5.32 Å². The normalized spacial score (nSPS) is 10.1. The van der Waals surface area contributed by atoms with Crippen LogP contribution < -0.4 is 5.32 Å². The standard InChI is InChI=1S/C13H10FN3O3/c1-8-2-3-9(7-15-8)16-13(18)11-6-10(17(19)20)4-5-12(11)14/h2-7H,1H3,(H,16,18). The topological polar surface area (TPSA) is 85.1 Å². The summed E-state index contributed by atoms with van der Waals surface area (Å²) in [4.78, 5) is 25.8. The van der Waals surface area contributed by atoms with Crippen LogP contribution in [0, 0.1) is 22.9 Å². The van der Waals surface area contributed by atoms with Gasteiger partial charge in [0.05, 0.1) is 22.4 Å². The fourth-order valence-electron chi connectivity index (χ4n) is 1.54. The number of halogens is 1. The Balaban J connectivity index is 2.26. The molecule has 0 radical (unpaired) electrons. The fraction of sp³-hybridized carbons (Fsp3) is 0.0769. The Hall–Kier alpha value is -2.83. The smallest absolute Gasteiger partial charge is 0.270 e. The maximum Gasteiger partial charge on any atom is 0.270 e. The van der Waals surface area contributed by atoms with E-state index in [1.54, 1.807) is 19.1 Å². The van der Waals surface area contributed by atoms with Gasteiger partial charge in [-0.15, -0.1) is 0 Å². The van der Waals surface area contributed by atoms with E-state index in [2.05, 4.69) is 10.3 Å². The van der Waals surface area contributed by atoms with Crippen LogP contribution in [0.1, 0.15) is 16.1 Å². The van der Waals surface area contributed by atoms with Gasteiger partial charge in [0, 0.05) is 17.8 Å². The molecule has 20 heavy (non-hydrogen) atoms. The van der Waals surface area contributed by atoms with Crippen molar-refractivity contribution in [3.05, 3.63) is 63.7 Å². The summed E-state index contributed by atoms with van der Waals surface area (Å²) < 4.78 is 13.6. The number of nitrogens with zero attached hydrogens (tertiary/aromatic N) is 2. The third kappa shape index (κ3) is 2.94. The Kier molecular flexibility index (Phi) is 3.69. The molecular weight excluding hydrogens is 265 g/mol. The number of hydrogen-bond acceptors (Lipinski definition) is 4. The van der Waals surface area contributed by atoms with Gasteiger partial charge in [-0.25, -0.2) is 4.39 Å². The molecule has 0 atom stereocenters. The lowest BCUT2D eigenvalue weighted by atomic mass is 10.1. The average molecular weight is 275 g/mol. The van der Waals surface area contributed by atoms with Crippen LogP contribution in [-0.4, -0.2) is 15.8 Å². The van der Waals surface area contributed by atoms with Gasteiger partial charge in [-0.1, -0.05) is 0 Å². The molecule has 1 aromatic heterocycles. The van der Waals surface area contributed by atoms with Gasteiger partial charge in [-0.05, 0) is 25.1 Å². The number of nitrogens with one attached hydrogen (secondary N) is 1. The first-order chi connectivity index (χ1) is 9.47. The summed E-state index contributed by atoms with van der Waals surface area (Å²) in [6.45, 7) is 1.78. The van der Waals surface area contributed by atoms with Crippen molar-refractivity contribution in [2.45, 2.75) is 6.92 Å². The Morgan fingerprint density at radius 2 is 2.10 bits per heavy atom. The minimum atomic E-state index is -0.826. The van der Waals surface area contributed by atoms with Crippen LogP contribution in [0.2, 0.25) is 0 Å². The van der Waals surface area contributed by atoms with Crippen LogP contribution in [0.25, 0.3) is 0 Å². The number of carbonyl (C=O) groups excluding carboxylic acids is 1. The predicted molar refractivity (Wildman–Crippen MR) is 70.0 cm³/mol. The molecule has 0 unspecified atom stereocenters. The molecule has 6 nitrogen and oxygen atoms in total. The fourth-order valence-corrected chi connectivity index (χ4v) is 1.54. The van der Waals surface area contributed by atoms with E-state index in [-0.39, 0.29) is 11.3 Å². The number of carbonyl (C=O) groups is 1. The molecule has 0 aliphatic heterocycles. The molecule has 0 saturated heterocycles. The number of aryl methyl sites for hydroxylation is 1. The first kappa shape index (κ1) is 13.6. The first-order valence-corrected chi connectivity index (χ1v) is 5.65. The van der Waals surface area contributed by atoms with E-state index in [0.717, 1.165) is 23.9 Å². The highest BCUT2D eigenvalue weighted by Gasteiger charge is 2.17. The molecule has 7 heteroatoms. The monoisotopic (exact) mass is 275 g/mol. The highest BCUT2D eigenvalue weighted by molar-refractivity contribution is 6.04. The summed E-state index contributed by atoms with van der Waals surface area (Å²) in [5, 5.41) is 13.1. The summed E-state index contributed by atoms with van der Waals surface area (Å²) in [7, 11) is 0. The lowest BCUT2D eigenvalue weighted by Crippen LogP contribution is -2.14. The SMILES string of the molecule is Cc1ccc(NC(=O)c2cc([N+](=O)[O-])ccc2F)cn1. The molecule has 0 bridgehead atoms. The molecule has 2 aromatic rings. The van der Waals surface area contributed by atoms with Gasteiger partial charge in [0.15, 0.2) is 0 Å². The number of hydrogen-bond donors (Lipinski definition) is 1. The van der Waals surface area contributed by atoms with Crippen molar-refractivity contribution in [1.82, 2.24) is 4.98 Å². The van der Waals surface area contributed by atoms with Gasteiger partial charge < -0.3 is 5.32 Å². The van der Waals surface area contributed by atoms with Crippen molar-refractivity contribution < 1.29 is 14.1 Å². The molecule has 1 heterocycles. The van der Waals surface area contributed by atoms with Crippen molar-refractivity contribution in [2.24, 2.45) is 0 Å². The number of pyridine rings is 1. The third-order valence-electron chi connectivity index (χ3n) is 2.57. The van der Waals surface area contributed by atoms with Crippen LogP contribution in [0.15, 0.2) is 36.5 Å². The summed E-state index contributed by atoms with van der Waals surface area (Å²) in [5.41, 5.74) is 0.411. The van der Waals surface area contributed by atoms with Crippen molar-refractivity contribution in [3.8, 4) is 0 Å². The zero-order chi connectivity index (χ0) is 14.7. The Morgan fingerprint density at radius 3 is 2.70 bits per heavy atom. The molecule has 1 aromatic carbocycles. The van der Waals surface area contributed by atoms with E-state index in [1.165, 1.54) is 6.20 Å². The summed E-state index contributed by atoms with van der Waals surface area (Å²) in [5.74, 6) is -1.59.